The van der Waals surface area contributed by atoms with Crippen molar-refractivity contribution in [2.75, 3.05) is 7.05 Å². The summed E-state index contributed by atoms with van der Waals surface area (Å²) < 4.78 is 26.4. The molecule has 1 aliphatic rings. The summed E-state index contributed by atoms with van der Waals surface area (Å²) in [6.07, 6.45) is 2.23. The summed E-state index contributed by atoms with van der Waals surface area (Å²) in [7, 11) is -2.24. The number of nitrogens with zero attached hydrogens (tertiary/aromatic N) is 1. The number of nitrogens with one attached hydrogen (secondary N) is 1. The predicted octanol–water partition coefficient (Wildman–Crippen LogP) is 1.84. The van der Waals surface area contributed by atoms with Crippen molar-refractivity contribution in [3.05, 3.63) is 29.8 Å². The largest absolute Gasteiger partial charge is 0.480 e. The van der Waals surface area contributed by atoms with Gasteiger partial charge < -0.3 is 10.4 Å². The molecule has 0 aromatic heterocycles. The lowest BCUT2D eigenvalue weighted by Gasteiger charge is -2.25. The molecular weight excluding hydrogens is 344 g/mol. The van der Waals surface area contributed by atoms with Gasteiger partial charge in [-0.25, -0.2) is 13.2 Å². The molecule has 0 spiro atoms. The molecule has 0 radical (unpaired) electrons. The van der Waals surface area contributed by atoms with Crippen molar-refractivity contribution >= 4 is 21.9 Å². The van der Waals surface area contributed by atoms with E-state index in [2.05, 4.69) is 5.32 Å². The number of amides is 1. The van der Waals surface area contributed by atoms with E-state index in [1.807, 2.05) is 0 Å². The molecule has 1 fully saturated rings. The topological polar surface area (TPSA) is 104 Å². The molecule has 8 heteroatoms. The van der Waals surface area contributed by atoms with Crippen LogP contribution in [0.15, 0.2) is 29.2 Å². The van der Waals surface area contributed by atoms with E-state index in [1.54, 1.807) is 13.8 Å². The van der Waals surface area contributed by atoms with E-state index >= 15 is 0 Å². The molecule has 138 valence electrons. The van der Waals surface area contributed by atoms with Crippen LogP contribution in [0.25, 0.3) is 0 Å². The van der Waals surface area contributed by atoms with Crippen LogP contribution in [-0.4, -0.2) is 48.3 Å². The number of carboxylic acids is 1. The van der Waals surface area contributed by atoms with Gasteiger partial charge in [0.1, 0.15) is 5.54 Å². The SMILES string of the molecule is CC(C)N(C)S(=O)(=O)c1cccc(C(=O)NC2(C(=O)O)CCCC2)c1. The molecular formula is C17H24N2O5S. The zero-order valence-electron chi connectivity index (χ0n) is 14.7. The second kappa shape index (κ2) is 7.13. The van der Waals surface area contributed by atoms with Crippen LogP contribution in [-0.2, 0) is 14.8 Å². The Hall–Kier alpha value is -1.93. The maximum absolute atomic E-state index is 12.6. The highest BCUT2D eigenvalue weighted by Gasteiger charge is 2.42. The molecule has 25 heavy (non-hydrogen) atoms. The number of carbonyl (C=O) groups is 2. The molecule has 1 amide bonds. The molecule has 0 heterocycles. The molecule has 1 saturated carbocycles. The van der Waals surface area contributed by atoms with Gasteiger partial charge in [0, 0.05) is 18.7 Å². The Labute approximate surface area is 148 Å². The first-order chi connectivity index (χ1) is 11.6. The summed E-state index contributed by atoms with van der Waals surface area (Å²) in [4.78, 5) is 24.1. The third-order valence-corrected chi connectivity index (χ3v) is 6.75. The van der Waals surface area contributed by atoms with E-state index in [9.17, 15) is 23.1 Å². The van der Waals surface area contributed by atoms with E-state index in [4.69, 9.17) is 0 Å². The van der Waals surface area contributed by atoms with Gasteiger partial charge in [-0.1, -0.05) is 18.9 Å². The highest BCUT2D eigenvalue weighted by atomic mass is 32.2. The van der Waals surface area contributed by atoms with E-state index in [0.717, 1.165) is 12.8 Å². The molecule has 1 aliphatic carbocycles. The maximum Gasteiger partial charge on any atom is 0.329 e. The van der Waals surface area contributed by atoms with Crippen LogP contribution in [0, 0.1) is 0 Å². The Morgan fingerprint density at radius 3 is 2.36 bits per heavy atom. The van der Waals surface area contributed by atoms with Gasteiger partial charge >= 0.3 is 5.97 Å². The summed E-state index contributed by atoms with van der Waals surface area (Å²) in [5.41, 5.74) is -1.13. The number of carboxylic acid groups (broad SMARTS) is 1. The van der Waals surface area contributed by atoms with Gasteiger partial charge in [0.2, 0.25) is 10.0 Å². The summed E-state index contributed by atoms with van der Waals surface area (Å²) in [6, 6.07) is 5.45. The van der Waals surface area contributed by atoms with Crippen LogP contribution in [0.1, 0.15) is 49.9 Å². The molecule has 7 nitrogen and oxygen atoms in total. The van der Waals surface area contributed by atoms with Crippen LogP contribution in [0.5, 0.6) is 0 Å². The van der Waals surface area contributed by atoms with Gasteiger partial charge in [0.25, 0.3) is 5.91 Å². The lowest BCUT2D eigenvalue weighted by molar-refractivity contribution is -0.144. The standard InChI is InChI=1S/C17H24N2O5S/c1-12(2)19(3)25(23,24)14-8-6-7-13(11-14)15(20)18-17(16(21)22)9-4-5-10-17/h6-8,11-12H,4-5,9-10H2,1-3H3,(H,18,20)(H,21,22). The molecule has 1 aromatic rings. The molecule has 0 aliphatic heterocycles. The Bertz CT molecular complexity index is 767. The van der Waals surface area contributed by atoms with Gasteiger partial charge in [-0.2, -0.15) is 4.31 Å². The van der Waals surface area contributed by atoms with Crippen molar-refractivity contribution in [2.24, 2.45) is 0 Å². The van der Waals surface area contributed by atoms with Gasteiger partial charge in [-0.05, 0) is 44.9 Å². The van der Waals surface area contributed by atoms with Crippen LogP contribution in [0.3, 0.4) is 0 Å². The highest BCUT2D eigenvalue weighted by Crippen LogP contribution is 2.30. The lowest BCUT2D eigenvalue weighted by Crippen LogP contribution is -2.52. The number of hydrogen-bond acceptors (Lipinski definition) is 4. The molecule has 2 N–H and O–H groups in total. The third kappa shape index (κ3) is 3.85. The van der Waals surface area contributed by atoms with E-state index in [-0.39, 0.29) is 16.5 Å². The normalized spacial score (nSPS) is 17.0. The molecule has 0 bridgehead atoms. The van der Waals surface area contributed by atoms with Crippen LogP contribution in [0.4, 0.5) is 0 Å². The van der Waals surface area contributed by atoms with Gasteiger partial charge in [0.15, 0.2) is 0 Å². The number of benzene rings is 1. The average Bonchev–Trinajstić information content (AvgIpc) is 3.04. The first kappa shape index (κ1) is 19.4. The van der Waals surface area contributed by atoms with E-state index in [0.29, 0.717) is 12.8 Å². The summed E-state index contributed by atoms with van der Waals surface area (Å²) >= 11 is 0. The summed E-state index contributed by atoms with van der Waals surface area (Å²) in [5.74, 6) is -1.63. The van der Waals surface area contributed by atoms with Crippen molar-refractivity contribution in [1.82, 2.24) is 9.62 Å². The summed E-state index contributed by atoms with van der Waals surface area (Å²) in [6.45, 7) is 3.51. The number of carbonyl (C=O) groups excluding carboxylic acids is 1. The summed E-state index contributed by atoms with van der Waals surface area (Å²) in [5, 5.41) is 12.1. The van der Waals surface area contributed by atoms with E-state index < -0.39 is 27.4 Å². The Balaban J connectivity index is 2.29. The average molecular weight is 368 g/mol. The van der Waals surface area contributed by atoms with Gasteiger partial charge in [-0.15, -0.1) is 0 Å². The van der Waals surface area contributed by atoms with Crippen LogP contribution in [0.2, 0.25) is 0 Å². The fourth-order valence-corrected chi connectivity index (χ4v) is 4.32. The fraction of sp³-hybridized carbons (Fsp3) is 0.529. The monoisotopic (exact) mass is 368 g/mol. The zero-order valence-corrected chi connectivity index (χ0v) is 15.5. The molecule has 0 unspecified atom stereocenters. The second-order valence-electron chi connectivity index (χ2n) is 6.69. The minimum atomic E-state index is -3.72. The van der Waals surface area contributed by atoms with Crippen molar-refractivity contribution < 1.29 is 23.1 Å². The third-order valence-electron chi connectivity index (χ3n) is 4.72. The number of hydrogen-bond donors (Lipinski definition) is 2. The quantitative estimate of drug-likeness (QED) is 0.797. The molecule has 2 rings (SSSR count). The van der Waals surface area contributed by atoms with Crippen molar-refractivity contribution in [2.45, 2.75) is 56.0 Å². The Kier molecular flexibility index (Phi) is 5.53. The lowest BCUT2D eigenvalue weighted by atomic mass is 9.97. The highest BCUT2D eigenvalue weighted by molar-refractivity contribution is 7.89. The Morgan fingerprint density at radius 2 is 1.84 bits per heavy atom. The van der Waals surface area contributed by atoms with Gasteiger partial charge in [-0.3, -0.25) is 4.79 Å². The van der Waals surface area contributed by atoms with E-state index in [1.165, 1.54) is 35.6 Å². The molecule has 1 aromatic carbocycles. The van der Waals surface area contributed by atoms with Crippen LogP contribution < -0.4 is 5.32 Å². The van der Waals surface area contributed by atoms with Crippen molar-refractivity contribution in [1.29, 1.82) is 0 Å². The first-order valence-electron chi connectivity index (χ1n) is 8.24. The fourth-order valence-electron chi connectivity index (χ4n) is 2.90. The molecule has 0 atom stereocenters. The zero-order chi connectivity index (χ0) is 18.8. The Morgan fingerprint density at radius 1 is 1.24 bits per heavy atom. The van der Waals surface area contributed by atoms with Crippen molar-refractivity contribution in [3.8, 4) is 0 Å². The minimum absolute atomic E-state index is 0.00662. The predicted molar refractivity (Wildman–Crippen MR) is 92.8 cm³/mol. The van der Waals surface area contributed by atoms with Crippen molar-refractivity contribution in [3.63, 3.8) is 0 Å². The first-order valence-corrected chi connectivity index (χ1v) is 9.68. The van der Waals surface area contributed by atoms with Gasteiger partial charge in [0.05, 0.1) is 4.90 Å². The number of rotatable bonds is 6. The van der Waals surface area contributed by atoms with Crippen LogP contribution >= 0.6 is 0 Å². The second-order valence-corrected chi connectivity index (χ2v) is 8.69. The number of sulfonamides is 1. The molecule has 0 saturated heterocycles. The smallest absolute Gasteiger partial charge is 0.329 e. The number of aliphatic carboxylic acids is 1. The minimum Gasteiger partial charge on any atom is -0.480 e. The maximum atomic E-state index is 12.6.